The average Bonchev–Trinajstić information content (AvgIpc) is 2.67. The number of ether oxygens (including phenoxy) is 2. The van der Waals surface area contributed by atoms with Crippen molar-refractivity contribution in [3.63, 3.8) is 0 Å². The maximum atomic E-state index is 12.7. The van der Waals surface area contributed by atoms with Gasteiger partial charge in [-0.2, -0.15) is 4.31 Å². The highest BCUT2D eigenvalue weighted by Crippen LogP contribution is 2.33. The molecule has 1 aromatic rings. The van der Waals surface area contributed by atoms with Crippen LogP contribution in [0.5, 0.6) is 11.5 Å². The molecule has 0 atom stereocenters. The Hall–Kier alpha value is -2.00. The monoisotopic (exact) mass is 399 g/mol. The Balaban J connectivity index is 2.01. The lowest BCUT2D eigenvalue weighted by molar-refractivity contribution is 0.204. The van der Waals surface area contributed by atoms with E-state index in [0.717, 1.165) is 11.1 Å². The van der Waals surface area contributed by atoms with Crippen LogP contribution in [0.1, 0.15) is 25.0 Å². The summed E-state index contributed by atoms with van der Waals surface area (Å²) < 4.78 is 37.4. The zero-order valence-electron chi connectivity index (χ0n) is 16.4. The van der Waals surface area contributed by atoms with Crippen molar-refractivity contribution in [2.75, 3.05) is 46.2 Å². The number of amides is 2. The van der Waals surface area contributed by atoms with Crippen molar-refractivity contribution in [3.05, 3.63) is 23.3 Å². The number of rotatable bonds is 8. The number of sulfonamides is 1. The molecule has 1 aliphatic heterocycles. The third-order valence-corrected chi connectivity index (χ3v) is 6.58. The Morgan fingerprint density at radius 3 is 2.30 bits per heavy atom. The molecule has 152 valence electrons. The summed E-state index contributed by atoms with van der Waals surface area (Å²) in [7, 11) is -0.333. The Morgan fingerprint density at radius 1 is 1.15 bits per heavy atom. The van der Waals surface area contributed by atoms with Crippen LogP contribution >= 0.6 is 0 Å². The molecular weight excluding hydrogens is 370 g/mol. The second-order valence-electron chi connectivity index (χ2n) is 6.28. The maximum Gasteiger partial charge on any atom is 0.317 e. The second-order valence-corrected chi connectivity index (χ2v) is 8.37. The van der Waals surface area contributed by atoms with Gasteiger partial charge in [0.15, 0.2) is 11.5 Å². The van der Waals surface area contributed by atoms with Gasteiger partial charge in [-0.1, -0.05) is 0 Å². The first-order chi connectivity index (χ1) is 12.9. The summed E-state index contributed by atoms with van der Waals surface area (Å²) in [4.78, 5) is 13.6. The minimum atomic E-state index is -3.47. The summed E-state index contributed by atoms with van der Waals surface area (Å²) in [5.74, 6) is 1.11. The van der Waals surface area contributed by atoms with E-state index in [1.165, 1.54) is 4.31 Å². The zero-order valence-corrected chi connectivity index (χ0v) is 17.3. The van der Waals surface area contributed by atoms with Gasteiger partial charge < -0.3 is 19.7 Å². The maximum absolute atomic E-state index is 12.7. The van der Waals surface area contributed by atoms with Crippen LogP contribution in [-0.4, -0.2) is 69.8 Å². The molecule has 2 rings (SSSR count). The number of methoxy groups -OCH3 is 2. The van der Waals surface area contributed by atoms with Gasteiger partial charge in [0.25, 0.3) is 0 Å². The average molecular weight is 400 g/mol. The number of fused-ring (bicyclic) bond motifs is 1. The van der Waals surface area contributed by atoms with Crippen LogP contribution in [0, 0.1) is 0 Å². The smallest absolute Gasteiger partial charge is 0.317 e. The predicted octanol–water partition coefficient (Wildman–Crippen LogP) is 1.44. The molecule has 0 fully saturated rings. The van der Waals surface area contributed by atoms with Gasteiger partial charge in [0.1, 0.15) is 0 Å². The Morgan fingerprint density at radius 2 is 1.74 bits per heavy atom. The molecule has 0 unspecified atom stereocenters. The molecule has 1 heterocycles. The van der Waals surface area contributed by atoms with Crippen LogP contribution in [-0.2, 0) is 23.0 Å². The fourth-order valence-corrected chi connectivity index (χ4v) is 4.46. The van der Waals surface area contributed by atoms with E-state index in [-0.39, 0.29) is 18.3 Å². The van der Waals surface area contributed by atoms with Gasteiger partial charge in [0.2, 0.25) is 10.0 Å². The first kappa shape index (κ1) is 21.3. The van der Waals surface area contributed by atoms with E-state index in [0.29, 0.717) is 44.1 Å². The number of carbonyl (C=O) groups excluding carboxylic acids is 1. The molecule has 27 heavy (non-hydrogen) atoms. The summed E-state index contributed by atoms with van der Waals surface area (Å²) in [6.07, 6.45) is 0.612. The number of benzene rings is 1. The minimum absolute atomic E-state index is 0.0902. The Kier molecular flexibility index (Phi) is 7.32. The third kappa shape index (κ3) is 5.04. The van der Waals surface area contributed by atoms with E-state index < -0.39 is 10.0 Å². The molecule has 0 saturated heterocycles. The van der Waals surface area contributed by atoms with Crippen LogP contribution in [0.2, 0.25) is 0 Å². The minimum Gasteiger partial charge on any atom is -0.493 e. The standard InChI is InChI=1S/C18H29N3O5S/c1-5-20(6-2)18(22)19-8-10-27(23,24)21-9-7-14-11-16(25-3)17(26-4)12-15(14)13-21/h11-12H,5-10,13H2,1-4H3,(H,19,22). The molecular formula is C18H29N3O5S. The van der Waals surface area contributed by atoms with Gasteiger partial charge >= 0.3 is 6.03 Å². The van der Waals surface area contributed by atoms with Gasteiger partial charge in [0.05, 0.1) is 20.0 Å². The molecule has 8 nitrogen and oxygen atoms in total. The highest BCUT2D eigenvalue weighted by atomic mass is 32.2. The lowest BCUT2D eigenvalue weighted by atomic mass is 10.0. The Bertz CT molecular complexity index is 763. The van der Waals surface area contributed by atoms with Crippen molar-refractivity contribution in [2.24, 2.45) is 0 Å². The predicted molar refractivity (Wildman–Crippen MR) is 104 cm³/mol. The molecule has 0 radical (unpaired) electrons. The number of hydrogen-bond acceptors (Lipinski definition) is 5. The van der Waals surface area contributed by atoms with Crippen molar-refractivity contribution in [2.45, 2.75) is 26.8 Å². The van der Waals surface area contributed by atoms with E-state index in [9.17, 15) is 13.2 Å². The van der Waals surface area contributed by atoms with Gasteiger partial charge in [0, 0.05) is 32.7 Å². The quantitative estimate of drug-likeness (QED) is 0.715. The highest BCUT2D eigenvalue weighted by molar-refractivity contribution is 7.89. The van der Waals surface area contributed by atoms with Crippen LogP contribution < -0.4 is 14.8 Å². The topological polar surface area (TPSA) is 88.2 Å². The lowest BCUT2D eigenvalue weighted by Crippen LogP contribution is -2.44. The normalized spacial score (nSPS) is 14.4. The molecule has 0 aliphatic carbocycles. The van der Waals surface area contributed by atoms with E-state index in [4.69, 9.17) is 9.47 Å². The van der Waals surface area contributed by atoms with Crippen LogP contribution in [0.25, 0.3) is 0 Å². The van der Waals surface area contributed by atoms with Gasteiger partial charge in [-0.3, -0.25) is 0 Å². The molecule has 1 aliphatic rings. The van der Waals surface area contributed by atoms with Crippen LogP contribution in [0.3, 0.4) is 0 Å². The van der Waals surface area contributed by atoms with E-state index >= 15 is 0 Å². The van der Waals surface area contributed by atoms with Crippen LogP contribution in [0.15, 0.2) is 12.1 Å². The molecule has 1 aromatic carbocycles. The third-order valence-electron chi connectivity index (χ3n) is 4.76. The van der Waals surface area contributed by atoms with Gasteiger partial charge in [-0.05, 0) is 43.5 Å². The largest absolute Gasteiger partial charge is 0.493 e. The summed E-state index contributed by atoms with van der Waals surface area (Å²) in [5.41, 5.74) is 1.98. The molecule has 1 N–H and O–H groups in total. The van der Waals surface area contributed by atoms with Crippen molar-refractivity contribution < 1.29 is 22.7 Å². The number of carbonyl (C=O) groups is 1. The number of nitrogens with zero attached hydrogens (tertiary/aromatic N) is 2. The van der Waals surface area contributed by atoms with Crippen molar-refractivity contribution in [1.29, 1.82) is 0 Å². The number of hydrogen-bond donors (Lipinski definition) is 1. The molecule has 2 amide bonds. The first-order valence-electron chi connectivity index (χ1n) is 9.10. The summed E-state index contributed by atoms with van der Waals surface area (Å²) >= 11 is 0. The van der Waals surface area contributed by atoms with E-state index in [1.807, 2.05) is 26.0 Å². The number of nitrogens with one attached hydrogen (secondary N) is 1. The first-order valence-corrected chi connectivity index (χ1v) is 10.7. The van der Waals surface area contributed by atoms with E-state index in [1.54, 1.807) is 19.1 Å². The summed E-state index contributed by atoms with van der Waals surface area (Å²) in [6, 6.07) is 3.50. The summed E-state index contributed by atoms with van der Waals surface area (Å²) in [6.45, 7) is 5.74. The van der Waals surface area contributed by atoms with Gasteiger partial charge in [-0.15, -0.1) is 0 Å². The van der Waals surface area contributed by atoms with Gasteiger partial charge in [-0.25, -0.2) is 13.2 Å². The lowest BCUT2D eigenvalue weighted by Gasteiger charge is -2.29. The Labute approximate surface area is 161 Å². The van der Waals surface area contributed by atoms with Crippen molar-refractivity contribution >= 4 is 16.1 Å². The van der Waals surface area contributed by atoms with Crippen molar-refractivity contribution in [3.8, 4) is 11.5 Å². The van der Waals surface area contributed by atoms with Crippen molar-refractivity contribution in [1.82, 2.24) is 14.5 Å². The molecule has 0 saturated carbocycles. The molecule has 0 aromatic heterocycles. The SMILES string of the molecule is CCN(CC)C(=O)NCCS(=O)(=O)N1CCc2cc(OC)c(OC)cc2C1. The fourth-order valence-electron chi connectivity index (χ4n) is 3.13. The van der Waals surface area contributed by atoms with E-state index in [2.05, 4.69) is 5.32 Å². The molecule has 0 bridgehead atoms. The highest BCUT2D eigenvalue weighted by Gasteiger charge is 2.28. The zero-order chi connectivity index (χ0) is 20.0. The fraction of sp³-hybridized carbons (Fsp3) is 0.611. The summed E-state index contributed by atoms with van der Waals surface area (Å²) in [5, 5.41) is 2.68. The second kappa shape index (κ2) is 9.27. The molecule has 0 spiro atoms. The van der Waals surface area contributed by atoms with Crippen LogP contribution in [0.4, 0.5) is 4.79 Å². The molecule has 9 heteroatoms. The number of urea groups is 1.